The van der Waals surface area contributed by atoms with Crippen molar-refractivity contribution < 1.29 is 33.0 Å². The lowest BCUT2D eigenvalue weighted by atomic mass is 10.2. The zero-order chi connectivity index (χ0) is 13.6. The van der Waals surface area contributed by atoms with Crippen LogP contribution >= 0.6 is 0 Å². The van der Waals surface area contributed by atoms with Gasteiger partial charge in [-0.25, -0.2) is 9.59 Å². The monoisotopic (exact) mass is 258 g/mol. The average Bonchev–Trinajstić information content (AvgIpc) is 2.13. The molecule has 9 heteroatoms. The zero-order valence-electron chi connectivity index (χ0n) is 8.99. The number of halogens is 3. The standard InChI is InChI=1S/C8H13F3N2O4/c1-13(4-8(9,10)11)7(17)12-5(2-3-14)6(15)16/h5,14H,2-4H2,1H3,(H,12,17)(H,15,16)/t5-/m0/s1. The fraction of sp³-hybridized carbons (Fsp3) is 0.750. The minimum atomic E-state index is -4.55. The van der Waals surface area contributed by atoms with Crippen LogP contribution in [0.5, 0.6) is 0 Å². The van der Waals surface area contributed by atoms with Crippen molar-refractivity contribution in [2.24, 2.45) is 0 Å². The van der Waals surface area contributed by atoms with Gasteiger partial charge in [-0.1, -0.05) is 0 Å². The Morgan fingerprint density at radius 2 is 1.94 bits per heavy atom. The van der Waals surface area contributed by atoms with E-state index >= 15 is 0 Å². The number of aliphatic hydroxyl groups excluding tert-OH is 1. The number of nitrogens with zero attached hydrogens (tertiary/aromatic N) is 1. The van der Waals surface area contributed by atoms with E-state index in [2.05, 4.69) is 0 Å². The third-order valence-electron chi connectivity index (χ3n) is 1.78. The Morgan fingerprint density at radius 1 is 1.41 bits per heavy atom. The molecule has 0 rings (SSSR count). The summed E-state index contributed by atoms with van der Waals surface area (Å²) in [7, 11) is 0.890. The predicted molar refractivity (Wildman–Crippen MR) is 50.3 cm³/mol. The molecular weight excluding hydrogens is 245 g/mol. The summed E-state index contributed by atoms with van der Waals surface area (Å²) in [5.41, 5.74) is 0. The fourth-order valence-electron chi connectivity index (χ4n) is 0.986. The van der Waals surface area contributed by atoms with Crippen LogP contribution in [0.3, 0.4) is 0 Å². The van der Waals surface area contributed by atoms with E-state index in [1.807, 2.05) is 5.32 Å². The predicted octanol–water partition coefficient (Wildman–Crippen LogP) is 0.0257. The van der Waals surface area contributed by atoms with Crippen LogP contribution in [0.25, 0.3) is 0 Å². The third-order valence-corrected chi connectivity index (χ3v) is 1.78. The highest BCUT2D eigenvalue weighted by Gasteiger charge is 2.32. The summed E-state index contributed by atoms with van der Waals surface area (Å²) in [5.74, 6) is -1.42. The summed E-state index contributed by atoms with van der Waals surface area (Å²) in [6, 6.07) is -2.58. The number of urea groups is 1. The Kier molecular flexibility index (Phi) is 5.72. The molecule has 0 aromatic heterocycles. The maximum absolute atomic E-state index is 11.9. The first kappa shape index (κ1) is 15.5. The van der Waals surface area contributed by atoms with E-state index < -0.39 is 37.4 Å². The summed E-state index contributed by atoms with van der Waals surface area (Å²) in [6.45, 7) is -1.98. The van der Waals surface area contributed by atoms with E-state index in [1.54, 1.807) is 0 Å². The molecule has 17 heavy (non-hydrogen) atoms. The van der Waals surface area contributed by atoms with Gasteiger partial charge in [0.25, 0.3) is 0 Å². The first-order chi connectivity index (χ1) is 7.67. The van der Waals surface area contributed by atoms with Crippen molar-refractivity contribution in [3.63, 3.8) is 0 Å². The molecule has 1 atom stereocenters. The molecule has 0 aliphatic rings. The van der Waals surface area contributed by atoms with Crippen molar-refractivity contribution in [3.05, 3.63) is 0 Å². The molecule has 6 nitrogen and oxygen atoms in total. The van der Waals surface area contributed by atoms with Crippen LogP contribution in [0.1, 0.15) is 6.42 Å². The Hall–Kier alpha value is -1.51. The molecule has 0 spiro atoms. The van der Waals surface area contributed by atoms with Gasteiger partial charge in [0.1, 0.15) is 12.6 Å². The van der Waals surface area contributed by atoms with Crippen LogP contribution in [0, 0.1) is 0 Å². The van der Waals surface area contributed by atoms with Crippen LogP contribution in [0.4, 0.5) is 18.0 Å². The Labute approximate surface area is 95.0 Å². The molecular formula is C8H13F3N2O4. The number of nitrogens with one attached hydrogen (secondary N) is 1. The van der Waals surface area contributed by atoms with Gasteiger partial charge in [0, 0.05) is 20.1 Å². The lowest BCUT2D eigenvalue weighted by Gasteiger charge is -2.21. The highest BCUT2D eigenvalue weighted by atomic mass is 19.4. The van der Waals surface area contributed by atoms with Gasteiger partial charge in [-0.2, -0.15) is 13.2 Å². The smallest absolute Gasteiger partial charge is 0.406 e. The lowest BCUT2D eigenvalue weighted by molar-refractivity contribution is -0.140. The quantitative estimate of drug-likeness (QED) is 0.648. The van der Waals surface area contributed by atoms with Gasteiger partial charge >= 0.3 is 18.2 Å². The van der Waals surface area contributed by atoms with Crippen molar-refractivity contribution in [2.75, 3.05) is 20.2 Å². The number of hydrogen-bond donors (Lipinski definition) is 3. The number of carboxylic acid groups (broad SMARTS) is 1. The number of carbonyl (C=O) groups excluding carboxylic acids is 1. The molecule has 0 fully saturated rings. The topological polar surface area (TPSA) is 89.9 Å². The van der Waals surface area contributed by atoms with E-state index in [1.165, 1.54) is 0 Å². The molecule has 3 N–H and O–H groups in total. The summed E-state index contributed by atoms with van der Waals surface area (Å²) in [5, 5.41) is 19.0. The van der Waals surface area contributed by atoms with Crippen LogP contribution < -0.4 is 5.32 Å². The van der Waals surface area contributed by atoms with Crippen molar-refractivity contribution in [2.45, 2.75) is 18.6 Å². The summed E-state index contributed by atoms with van der Waals surface area (Å²) >= 11 is 0. The van der Waals surface area contributed by atoms with E-state index in [4.69, 9.17) is 10.2 Å². The van der Waals surface area contributed by atoms with Crippen LogP contribution in [-0.2, 0) is 4.79 Å². The van der Waals surface area contributed by atoms with E-state index in [0.29, 0.717) is 4.90 Å². The molecule has 0 saturated heterocycles. The molecule has 0 unspecified atom stereocenters. The van der Waals surface area contributed by atoms with E-state index in [0.717, 1.165) is 7.05 Å². The molecule has 0 bridgehead atoms. The second-order valence-electron chi connectivity index (χ2n) is 3.32. The van der Waals surface area contributed by atoms with Gasteiger partial charge in [-0.15, -0.1) is 0 Å². The largest absolute Gasteiger partial charge is 0.480 e. The second kappa shape index (κ2) is 6.28. The number of hydrogen-bond acceptors (Lipinski definition) is 3. The van der Waals surface area contributed by atoms with Crippen molar-refractivity contribution >= 4 is 12.0 Å². The number of amides is 2. The van der Waals surface area contributed by atoms with Gasteiger partial charge in [-0.3, -0.25) is 0 Å². The molecule has 0 aromatic carbocycles. The Bertz CT molecular complexity index is 282. The Balaban J connectivity index is 4.35. The second-order valence-corrected chi connectivity index (χ2v) is 3.32. The normalized spacial score (nSPS) is 13.0. The summed E-state index contributed by atoms with van der Waals surface area (Å²) in [4.78, 5) is 22.1. The van der Waals surface area contributed by atoms with Crippen molar-refractivity contribution in [3.8, 4) is 0 Å². The molecule has 0 aliphatic heterocycles. The fourth-order valence-corrected chi connectivity index (χ4v) is 0.986. The van der Waals surface area contributed by atoms with Crippen molar-refractivity contribution in [1.29, 1.82) is 0 Å². The van der Waals surface area contributed by atoms with Gasteiger partial charge in [0.15, 0.2) is 0 Å². The van der Waals surface area contributed by atoms with Crippen molar-refractivity contribution in [1.82, 2.24) is 10.2 Å². The van der Waals surface area contributed by atoms with Gasteiger partial charge in [0.05, 0.1) is 0 Å². The Morgan fingerprint density at radius 3 is 2.29 bits per heavy atom. The SMILES string of the molecule is CN(CC(F)(F)F)C(=O)N[C@@H](CCO)C(=O)O. The summed E-state index contributed by atoms with van der Waals surface area (Å²) in [6.07, 6.45) is -4.83. The first-order valence-corrected chi connectivity index (χ1v) is 4.59. The zero-order valence-corrected chi connectivity index (χ0v) is 8.99. The number of carbonyl (C=O) groups is 2. The van der Waals surface area contributed by atoms with E-state index in [9.17, 15) is 22.8 Å². The molecule has 0 radical (unpaired) electrons. The van der Waals surface area contributed by atoms with Gasteiger partial charge < -0.3 is 20.4 Å². The summed E-state index contributed by atoms with van der Waals surface area (Å²) < 4.78 is 35.8. The molecule has 2 amide bonds. The van der Waals surface area contributed by atoms with Gasteiger partial charge in [0.2, 0.25) is 0 Å². The molecule has 100 valence electrons. The maximum atomic E-state index is 11.9. The molecule has 0 heterocycles. The first-order valence-electron chi connectivity index (χ1n) is 4.59. The van der Waals surface area contributed by atoms with Gasteiger partial charge in [-0.05, 0) is 0 Å². The highest BCUT2D eigenvalue weighted by Crippen LogP contribution is 2.15. The number of carboxylic acids is 1. The van der Waals surface area contributed by atoms with E-state index in [-0.39, 0.29) is 6.42 Å². The van der Waals surface area contributed by atoms with Crippen LogP contribution in [0.2, 0.25) is 0 Å². The number of aliphatic carboxylic acids is 1. The molecule has 0 aromatic rings. The molecule has 0 saturated carbocycles. The minimum absolute atomic E-state index is 0.277. The highest BCUT2D eigenvalue weighted by molar-refractivity contribution is 5.82. The third kappa shape index (κ3) is 6.61. The maximum Gasteiger partial charge on any atom is 0.406 e. The minimum Gasteiger partial charge on any atom is -0.480 e. The number of rotatable bonds is 5. The van der Waals surface area contributed by atoms with Crippen LogP contribution in [-0.4, -0.2) is 59.5 Å². The number of aliphatic hydroxyl groups is 1. The average molecular weight is 258 g/mol. The van der Waals surface area contributed by atoms with Crippen LogP contribution in [0.15, 0.2) is 0 Å². The number of alkyl halides is 3. The molecule has 0 aliphatic carbocycles. The lowest BCUT2D eigenvalue weighted by Crippen LogP contribution is -2.49.